The highest BCUT2D eigenvalue weighted by Gasteiger charge is 2.15. The predicted molar refractivity (Wildman–Crippen MR) is 78.8 cm³/mol. The van der Waals surface area contributed by atoms with Crippen LogP contribution in [0.4, 0.5) is 0 Å². The third-order valence-electron chi connectivity index (χ3n) is 2.86. The lowest BCUT2D eigenvalue weighted by atomic mass is 9.89. The van der Waals surface area contributed by atoms with Gasteiger partial charge in [0.25, 0.3) is 0 Å². The number of hydrogen-bond donors (Lipinski definition) is 1. The van der Waals surface area contributed by atoms with E-state index in [9.17, 15) is 9.90 Å². The Bertz CT molecular complexity index is 331. The lowest BCUT2D eigenvalue weighted by Crippen LogP contribution is -2.10. The summed E-state index contributed by atoms with van der Waals surface area (Å²) in [5.74, 6) is 0.641. The molecule has 0 aromatic heterocycles. The molecular formula is C15H24O2S. The first kappa shape index (κ1) is 15.4. The molecule has 1 rings (SSSR count). The first-order valence-electron chi connectivity index (χ1n) is 6.69. The maximum atomic E-state index is 11.6. The molecule has 0 aliphatic heterocycles. The Kier molecular flexibility index (Phi) is 6.00. The van der Waals surface area contributed by atoms with Gasteiger partial charge in [-0.2, -0.15) is 0 Å². The molecule has 3 heteroatoms. The normalized spacial score (nSPS) is 19.4. The van der Waals surface area contributed by atoms with Crippen molar-refractivity contribution >= 4 is 16.9 Å². The summed E-state index contributed by atoms with van der Waals surface area (Å²) < 4.78 is -0.110. The van der Waals surface area contributed by atoms with E-state index in [4.69, 9.17) is 0 Å². The van der Waals surface area contributed by atoms with Crippen LogP contribution in [0.25, 0.3) is 0 Å². The van der Waals surface area contributed by atoms with Crippen molar-refractivity contribution in [2.45, 2.75) is 57.6 Å². The fourth-order valence-electron chi connectivity index (χ4n) is 2.06. The molecule has 0 amide bonds. The number of carbonyl (C=O) groups excluding carboxylic acids is 1. The van der Waals surface area contributed by atoms with Crippen LogP contribution in [0.5, 0.6) is 0 Å². The van der Waals surface area contributed by atoms with Crippen LogP contribution in [0, 0.1) is 5.92 Å². The Morgan fingerprint density at radius 1 is 1.22 bits per heavy atom. The van der Waals surface area contributed by atoms with Gasteiger partial charge >= 0.3 is 0 Å². The molecule has 1 aliphatic carbocycles. The third-order valence-corrected chi connectivity index (χ3v) is 3.79. The molecule has 0 heterocycles. The number of hydrogen-bond acceptors (Lipinski definition) is 3. The number of rotatable bonds is 3. The van der Waals surface area contributed by atoms with Crippen molar-refractivity contribution < 1.29 is 9.90 Å². The van der Waals surface area contributed by atoms with Gasteiger partial charge in [-0.3, -0.25) is 4.79 Å². The maximum Gasteiger partial charge on any atom is 0.216 e. The van der Waals surface area contributed by atoms with E-state index >= 15 is 0 Å². The third kappa shape index (κ3) is 6.90. The Hall–Kier alpha value is -0.700. The molecule has 0 bridgehead atoms. The Morgan fingerprint density at radius 3 is 2.39 bits per heavy atom. The van der Waals surface area contributed by atoms with Crippen molar-refractivity contribution in [1.82, 2.24) is 0 Å². The standard InChI is InChI=1S/C15H24O2S/c1-15(2,3)18-14(17)11-13(16)10-9-12-7-5-4-6-8-12/h9-12,16H,4-8H2,1-3H3/b10-9+,13-11-. The zero-order valence-corrected chi connectivity index (χ0v) is 12.4. The minimum atomic E-state index is -0.110. The van der Waals surface area contributed by atoms with E-state index in [0.29, 0.717) is 5.92 Å². The second-order valence-electron chi connectivity index (χ2n) is 5.86. The summed E-state index contributed by atoms with van der Waals surface area (Å²) in [6.45, 7) is 5.95. The molecule has 102 valence electrons. The van der Waals surface area contributed by atoms with Gasteiger partial charge in [0.1, 0.15) is 5.76 Å². The zero-order valence-electron chi connectivity index (χ0n) is 11.6. The Morgan fingerprint density at radius 2 is 1.83 bits per heavy atom. The highest BCUT2D eigenvalue weighted by molar-refractivity contribution is 8.15. The molecule has 1 aliphatic rings. The largest absolute Gasteiger partial charge is 0.508 e. The van der Waals surface area contributed by atoms with Gasteiger partial charge in [0.2, 0.25) is 5.12 Å². The van der Waals surface area contributed by atoms with Gasteiger partial charge < -0.3 is 5.11 Å². The van der Waals surface area contributed by atoms with Crippen LogP contribution in [0.2, 0.25) is 0 Å². The zero-order chi connectivity index (χ0) is 13.6. The number of allylic oxidation sites excluding steroid dienone is 2. The second-order valence-corrected chi connectivity index (χ2v) is 7.69. The quantitative estimate of drug-likeness (QED) is 0.461. The minimum Gasteiger partial charge on any atom is -0.508 e. The van der Waals surface area contributed by atoms with Crippen LogP contribution in [-0.2, 0) is 4.79 Å². The SMILES string of the molecule is CC(C)(C)SC(=O)/C=C(O)/C=C/C1CCCCC1. The second kappa shape index (κ2) is 7.03. The van der Waals surface area contributed by atoms with Gasteiger partial charge in [-0.1, -0.05) is 57.9 Å². The molecule has 0 radical (unpaired) electrons. The van der Waals surface area contributed by atoms with Crippen molar-refractivity contribution in [2.24, 2.45) is 5.92 Å². The summed E-state index contributed by atoms with van der Waals surface area (Å²) in [6.07, 6.45) is 11.3. The lowest BCUT2D eigenvalue weighted by molar-refractivity contribution is -0.107. The van der Waals surface area contributed by atoms with Crippen LogP contribution in [0.3, 0.4) is 0 Å². The van der Waals surface area contributed by atoms with Crippen molar-refractivity contribution in [3.8, 4) is 0 Å². The van der Waals surface area contributed by atoms with E-state index in [0.717, 1.165) is 0 Å². The van der Waals surface area contributed by atoms with E-state index in [2.05, 4.69) is 0 Å². The van der Waals surface area contributed by atoms with Crippen molar-refractivity contribution in [3.05, 3.63) is 24.0 Å². The average Bonchev–Trinajstić information content (AvgIpc) is 2.25. The van der Waals surface area contributed by atoms with E-state index in [1.54, 1.807) is 6.08 Å². The molecule has 0 saturated heterocycles. The first-order chi connectivity index (χ1) is 8.37. The number of aliphatic hydroxyl groups is 1. The van der Waals surface area contributed by atoms with E-state index in [1.807, 2.05) is 26.8 Å². The summed E-state index contributed by atoms with van der Waals surface area (Å²) in [7, 11) is 0. The fraction of sp³-hybridized carbons (Fsp3) is 0.667. The van der Waals surface area contributed by atoms with Crippen LogP contribution < -0.4 is 0 Å². The molecule has 0 unspecified atom stereocenters. The van der Waals surface area contributed by atoms with Gasteiger partial charge in [-0.15, -0.1) is 0 Å². The smallest absolute Gasteiger partial charge is 0.216 e. The fourth-order valence-corrected chi connectivity index (χ4v) is 2.84. The molecule has 0 aromatic carbocycles. The molecule has 1 N–H and O–H groups in total. The van der Waals surface area contributed by atoms with Crippen molar-refractivity contribution in [3.63, 3.8) is 0 Å². The number of carbonyl (C=O) groups is 1. The van der Waals surface area contributed by atoms with Crippen LogP contribution in [-0.4, -0.2) is 15.0 Å². The monoisotopic (exact) mass is 268 g/mol. The molecule has 0 spiro atoms. The van der Waals surface area contributed by atoms with E-state index in [1.165, 1.54) is 49.9 Å². The molecular weight excluding hydrogens is 244 g/mol. The van der Waals surface area contributed by atoms with Crippen LogP contribution in [0.15, 0.2) is 24.0 Å². The molecule has 1 saturated carbocycles. The highest BCUT2D eigenvalue weighted by atomic mass is 32.2. The Balaban J connectivity index is 2.45. The van der Waals surface area contributed by atoms with Crippen LogP contribution in [0.1, 0.15) is 52.9 Å². The molecule has 0 atom stereocenters. The van der Waals surface area contributed by atoms with Gasteiger partial charge in [0.05, 0.1) is 0 Å². The van der Waals surface area contributed by atoms with Gasteiger partial charge in [-0.05, 0) is 24.8 Å². The van der Waals surface area contributed by atoms with E-state index < -0.39 is 0 Å². The van der Waals surface area contributed by atoms with Gasteiger partial charge in [-0.25, -0.2) is 0 Å². The van der Waals surface area contributed by atoms with Crippen molar-refractivity contribution in [1.29, 1.82) is 0 Å². The average molecular weight is 268 g/mol. The molecule has 1 fully saturated rings. The summed E-state index contributed by atoms with van der Waals surface area (Å²) in [5.41, 5.74) is 0. The molecule has 0 aromatic rings. The van der Waals surface area contributed by atoms with Gasteiger partial charge in [0, 0.05) is 10.8 Å². The van der Waals surface area contributed by atoms with Crippen molar-refractivity contribution in [2.75, 3.05) is 0 Å². The summed E-state index contributed by atoms with van der Waals surface area (Å²) in [5, 5.41) is 9.60. The number of aliphatic hydroxyl groups excluding tert-OH is 1. The summed E-state index contributed by atoms with van der Waals surface area (Å²) >= 11 is 1.24. The minimum absolute atomic E-state index is 0.0716. The molecule has 2 nitrogen and oxygen atoms in total. The lowest BCUT2D eigenvalue weighted by Gasteiger charge is -2.17. The Labute approximate surface area is 115 Å². The topological polar surface area (TPSA) is 37.3 Å². The first-order valence-corrected chi connectivity index (χ1v) is 7.50. The predicted octanol–water partition coefficient (Wildman–Crippen LogP) is 4.62. The van der Waals surface area contributed by atoms with Crippen LogP contribution >= 0.6 is 11.8 Å². The number of thioether (sulfide) groups is 1. The summed E-state index contributed by atoms with van der Waals surface area (Å²) in [6, 6.07) is 0. The molecule has 18 heavy (non-hydrogen) atoms. The maximum absolute atomic E-state index is 11.6. The van der Waals surface area contributed by atoms with Gasteiger partial charge in [0.15, 0.2) is 0 Å². The summed E-state index contributed by atoms with van der Waals surface area (Å²) in [4.78, 5) is 11.6. The van der Waals surface area contributed by atoms with E-state index in [-0.39, 0.29) is 15.6 Å². The highest BCUT2D eigenvalue weighted by Crippen LogP contribution is 2.26.